The summed E-state index contributed by atoms with van der Waals surface area (Å²) in [6.07, 6.45) is 2.25. The van der Waals surface area contributed by atoms with Crippen LogP contribution in [0.3, 0.4) is 0 Å². The van der Waals surface area contributed by atoms with Crippen molar-refractivity contribution in [2.45, 2.75) is 43.7 Å². The highest BCUT2D eigenvalue weighted by molar-refractivity contribution is 7.90. The Bertz CT molecular complexity index is 925. The van der Waals surface area contributed by atoms with Crippen molar-refractivity contribution in [1.82, 2.24) is 4.90 Å². The van der Waals surface area contributed by atoms with Crippen molar-refractivity contribution < 1.29 is 13.2 Å². The van der Waals surface area contributed by atoms with Gasteiger partial charge in [-0.25, -0.2) is 8.42 Å². The second-order valence-corrected chi connectivity index (χ2v) is 10.8. The van der Waals surface area contributed by atoms with Crippen molar-refractivity contribution >= 4 is 21.4 Å². The van der Waals surface area contributed by atoms with Crippen LogP contribution < -0.4 is 4.74 Å². The first kappa shape index (κ1) is 21.2. The molecule has 1 aliphatic rings. The van der Waals surface area contributed by atoms with E-state index in [1.807, 2.05) is 18.2 Å². The second kappa shape index (κ2) is 8.05. The lowest BCUT2D eigenvalue weighted by molar-refractivity contribution is 0.123. The lowest BCUT2D eigenvalue weighted by Crippen LogP contribution is -2.39. The van der Waals surface area contributed by atoms with Gasteiger partial charge in [-0.3, -0.25) is 4.90 Å². The van der Waals surface area contributed by atoms with E-state index in [9.17, 15) is 8.42 Å². The number of halogens is 1. The van der Waals surface area contributed by atoms with E-state index >= 15 is 0 Å². The zero-order chi connectivity index (χ0) is 20.5. The third-order valence-corrected chi connectivity index (χ3v) is 6.92. The minimum absolute atomic E-state index is 0.0654. The zero-order valence-electron chi connectivity index (χ0n) is 16.9. The van der Waals surface area contributed by atoms with Gasteiger partial charge in [0.2, 0.25) is 0 Å². The van der Waals surface area contributed by atoms with Crippen molar-refractivity contribution in [3.05, 3.63) is 59.1 Å². The normalized spacial score (nSPS) is 20.8. The molecule has 0 aliphatic carbocycles. The molecule has 2 aromatic rings. The van der Waals surface area contributed by atoms with Crippen LogP contribution in [0, 0.1) is 5.92 Å². The van der Waals surface area contributed by atoms with Gasteiger partial charge in [0.1, 0.15) is 5.75 Å². The minimum Gasteiger partial charge on any atom is -0.493 e. The van der Waals surface area contributed by atoms with Crippen molar-refractivity contribution in [2.24, 2.45) is 5.92 Å². The third-order valence-electron chi connectivity index (χ3n) is 5.56. The number of rotatable bonds is 6. The van der Waals surface area contributed by atoms with E-state index in [0.717, 1.165) is 18.0 Å². The number of nitrogens with zero attached hydrogens (tertiary/aromatic N) is 1. The van der Waals surface area contributed by atoms with Gasteiger partial charge in [-0.2, -0.15) is 0 Å². The molecule has 0 spiro atoms. The van der Waals surface area contributed by atoms with Crippen LogP contribution in [0.25, 0.3) is 0 Å². The smallest absolute Gasteiger partial charge is 0.175 e. The van der Waals surface area contributed by atoms with Crippen molar-refractivity contribution in [2.75, 3.05) is 19.4 Å². The number of ether oxygens (including phenoxy) is 1. The molecule has 2 aromatic carbocycles. The molecule has 0 N–H and O–H groups in total. The van der Waals surface area contributed by atoms with E-state index in [4.69, 9.17) is 16.3 Å². The standard InChI is InChI=1S/C22H28ClNO3S/c1-16(18-6-5-7-19(23)12-18)24-14-17(13-22(24,2)3)15-27-20-8-10-21(11-9-20)28(4,25)26/h5-12,16-17H,13-15H2,1-4H3. The van der Waals surface area contributed by atoms with Crippen LogP contribution in [0.4, 0.5) is 0 Å². The van der Waals surface area contributed by atoms with E-state index < -0.39 is 9.84 Å². The molecule has 1 saturated heterocycles. The topological polar surface area (TPSA) is 46.6 Å². The average Bonchev–Trinajstić information content (AvgIpc) is 2.93. The number of benzene rings is 2. The maximum atomic E-state index is 11.6. The van der Waals surface area contributed by atoms with Crippen LogP contribution in [-0.2, 0) is 9.84 Å². The van der Waals surface area contributed by atoms with Crippen molar-refractivity contribution in [1.29, 1.82) is 0 Å². The molecule has 152 valence electrons. The van der Waals surface area contributed by atoms with Gasteiger partial charge in [0.05, 0.1) is 11.5 Å². The molecular weight excluding hydrogens is 394 g/mol. The summed E-state index contributed by atoms with van der Waals surface area (Å²) in [5.74, 6) is 1.11. The summed E-state index contributed by atoms with van der Waals surface area (Å²) >= 11 is 6.18. The largest absolute Gasteiger partial charge is 0.493 e. The Morgan fingerprint density at radius 1 is 1.21 bits per heavy atom. The van der Waals surface area contributed by atoms with Gasteiger partial charge in [0.25, 0.3) is 0 Å². The molecule has 0 bridgehead atoms. The SMILES string of the molecule is CC(c1cccc(Cl)c1)N1CC(COc2ccc(S(C)(=O)=O)cc2)CC1(C)C. The highest BCUT2D eigenvalue weighted by Crippen LogP contribution is 2.39. The Hall–Kier alpha value is -1.56. The Morgan fingerprint density at radius 3 is 2.50 bits per heavy atom. The van der Waals surface area contributed by atoms with Crippen LogP contribution >= 0.6 is 11.6 Å². The van der Waals surface area contributed by atoms with Gasteiger partial charge in [0, 0.05) is 35.3 Å². The molecule has 4 nitrogen and oxygen atoms in total. The molecule has 6 heteroatoms. The molecule has 2 atom stereocenters. The predicted octanol–water partition coefficient (Wildman–Crippen LogP) is 4.98. The first-order valence-electron chi connectivity index (χ1n) is 9.51. The number of hydrogen-bond acceptors (Lipinski definition) is 4. The summed E-state index contributed by atoms with van der Waals surface area (Å²) in [4.78, 5) is 2.82. The second-order valence-electron chi connectivity index (χ2n) is 8.32. The average molecular weight is 422 g/mol. The fourth-order valence-corrected chi connectivity index (χ4v) is 4.98. The highest BCUT2D eigenvalue weighted by Gasteiger charge is 2.41. The molecule has 28 heavy (non-hydrogen) atoms. The predicted molar refractivity (Wildman–Crippen MR) is 114 cm³/mol. The molecule has 1 fully saturated rings. The molecular formula is C22H28ClNO3S. The molecule has 2 unspecified atom stereocenters. The Labute approximate surface area is 173 Å². The van der Waals surface area contributed by atoms with Gasteiger partial charge in [-0.05, 0) is 69.2 Å². The summed E-state index contributed by atoms with van der Waals surface area (Å²) in [5, 5.41) is 0.763. The van der Waals surface area contributed by atoms with Crippen LogP contribution in [0.1, 0.15) is 38.8 Å². The fourth-order valence-electron chi connectivity index (χ4n) is 4.15. The number of hydrogen-bond donors (Lipinski definition) is 0. The van der Waals surface area contributed by atoms with Crippen LogP contribution in [0.2, 0.25) is 5.02 Å². The molecule has 1 heterocycles. The maximum absolute atomic E-state index is 11.6. The number of likely N-dealkylation sites (tertiary alicyclic amines) is 1. The summed E-state index contributed by atoms with van der Waals surface area (Å²) in [7, 11) is -3.18. The number of sulfone groups is 1. The summed E-state index contributed by atoms with van der Waals surface area (Å²) in [6.45, 7) is 8.33. The fraction of sp³-hybridized carbons (Fsp3) is 0.455. The molecule has 0 radical (unpaired) electrons. The Kier molecular flexibility index (Phi) is 6.08. The quantitative estimate of drug-likeness (QED) is 0.659. The van der Waals surface area contributed by atoms with E-state index in [0.29, 0.717) is 23.2 Å². The third kappa shape index (κ3) is 4.88. The van der Waals surface area contributed by atoms with E-state index in [1.54, 1.807) is 24.3 Å². The lowest BCUT2D eigenvalue weighted by Gasteiger charge is -2.37. The van der Waals surface area contributed by atoms with Gasteiger partial charge >= 0.3 is 0 Å². The minimum atomic E-state index is -3.18. The Balaban J connectivity index is 1.64. The summed E-state index contributed by atoms with van der Waals surface area (Å²) in [6, 6.07) is 15.0. The molecule has 1 aliphatic heterocycles. The van der Waals surface area contributed by atoms with Crippen LogP contribution in [0.15, 0.2) is 53.4 Å². The molecule has 0 saturated carbocycles. The molecule has 0 aromatic heterocycles. The van der Waals surface area contributed by atoms with Gasteiger partial charge in [-0.15, -0.1) is 0 Å². The molecule has 3 rings (SSSR count). The van der Waals surface area contributed by atoms with Crippen molar-refractivity contribution in [3.8, 4) is 5.75 Å². The van der Waals surface area contributed by atoms with Crippen LogP contribution in [-0.4, -0.2) is 38.3 Å². The maximum Gasteiger partial charge on any atom is 0.175 e. The van der Waals surface area contributed by atoms with Gasteiger partial charge < -0.3 is 4.74 Å². The van der Waals surface area contributed by atoms with Gasteiger partial charge in [0.15, 0.2) is 9.84 Å². The Morgan fingerprint density at radius 2 is 1.89 bits per heavy atom. The molecule has 0 amide bonds. The van der Waals surface area contributed by atoms with Gasteiger partial charge in [-0.1, -0.05) is 23.7 Å². The summed E-state index contributed by atoms with van der Waals surface area (Å²) in [5.41, 5.74) is 1.29. The highest BCUT2D eigenvalue weighted by atomic mass is 35.5. The zero-order valence-corrected chi connectivity index (χ0v) is 18.4. The summed E-state index contributed by atoms with van der Waals surface area (Å²) < 4.78 is 29.1. The first-order chi connectivity index (χ1) is 13.1. The monoisotopic (exact) mass is 421 g/mol. The lowest BCUT2D eigenvalue weighted by atomic mass is 9.95. The van der Waals surface area contributed by atoms with E-state index in [2.05, 4.69) is 31.7 Å². The first-order valence-corrected chi connectivity index (χ1v) is 11.8. The van der Waals surface area contributed by atoms with Crippen molar-refractivity contribution in [3.63, 3.8) is 0 Å². The van der Waals surface area contributed by atoms with E-state index in [1.165, 1.54) is 11.8 Å². The van der Waals surface area contributed by atoms with Crippen LogP contribution in [0.5, 0.6) is 5.75 Å². The van der Waals surface area contributed by atoms with E-state index in [-0.39, 0.29) is 11.6 Å².